The van der Waals surface area contributed by atoms with Gasteiger partial charge in [-0.25, -0.2) is 13.1 Å². The Morgan fingerprint density at radius 3 is 2.38 bits per heavy atom. The van der Waals surface area contributed by atoms with Gasteiger partial charge in [-0.1, -0.05) is 18.2 Å². The molecule has 0 fully saturated rings. The Morgan fingerprint density at radius 2 is 1.75 bits per heavy atom. The Hall–Kier alpha value is -2.60. The number of rotatable bonds is 5. The molecule has 124 valence electrons. The van der Waals surface area contributed by atoms with Crippen LogP contribution in [0.5, 0.6) is 0 Å². The van der Waals surface area contributed by atoms with Gasteiger partial charge in [0.05, 0.1) is 16.3 Å². The molecule has 3 rings (SSSR count). The first-order valence-corrected chi connectivity index (χ1v) is 9.47. The van der Waals surface area contributed by atoms with E-state index in [1.165, 1.54) is 6.26 Å². The van der Waals surface area contributed by atoms with Gasteiger partial charge >= 0.3 is 0 Å². The monoisotopic (exact) mass is 341 g/mol. The maximum atomic E-state index is 11.5. The van der Waals surface area contributed by atoms with Gasteiger partial charge < -0.3 is 5.32 Å². The highest BCUT2D eigenvalue weighted by Gasteiger charge is 2.07. The van der Waals surface area contributed by atoms with Crippen LogP contribution < -0.4 is 5.32 Å². The molecule has 5 nitrogen and oxygen atoms in total. The summed E-state index contributed by atoms with van der Waals surface area (Å²) in [5.74, 6) is 0. The van der Waals surface area contributed by atoms with Gasteiger partial charge in [0, 0.05) is 24.7 Å². The lowest BCUT2D eigenvalue weighted by atomic mass is 10.1. The van der Waals surface area contributed by atoms with Crippen molar-refractivity contribution in [1.29, 1.82) is 0 Å². The first-order valence-electron chi connectivity index (χ1n) is 7.58. The molecular weight excluding hydrogens is 322 g/mol. The molecule has 2 aromatic carbocycles. The summed E-state index contributed by atoms with van der Waals surface area (Å²) in [6.45, 7) is 2.58. The lowest BCUT2D eigenvalue weighted by Gasteiger charge is -2.12. The van der Waals surface area contributed by atoms with Crippen LogP contribution in [0.4, 0.5) is 5.69 Å². The molecular formula is C18H19N3O2S. The quantitative estimate of drug-likeness (QED) is 0.774. The zero-order valence-corrected chi connectivity index (χ0v) is 14.4. The predicted octanol–water partition coefficient (Wildman–Crippen LogP) is 3.20. The number of aryl methyl sites for hydroxylation is 1. The third-order valence-electron chi connectivity index (χ3n) is 3.73. The highest BCUT2D eigenvalue weighted by molar-refractivity contribution is 7.90. The molecule has 3 aromatic rings. The minimum absolute atomic E-state index is 0.320. The Bertz CT molecular complexity index is 944. The number of sulfone groups is 1. The second kappa shape index (κ2) is 6.49. The van der Waals surface area contributed by atoms with Crippen molar-refractivity contribution in [1.82, 2.24) is 9.78 Å². The van der Waals surface area contributed by atoms with Crippen LogP contribution in [0.2, 0.25) is 0 Å². The molecule has 0 unspecified atom stereocenters. The maximum absolute atomic E-state index is 11.5. The fourth-order valence-electron chi connectivity index (χ4n) is 2.45. The molecule has 6 heteroatoms. The number of aromatic nitrogens is 2. The van der Waals surface area contributed by atoms with E-state index in [9.17, 15) is 8.42 Å². The van der Waals surface area contributed by atoms with Crippen LogP contribution >= 0.6 is 0 Å². The summed E-state index contributed by atoms with van der Waals surface area (Å²) in [6.07, 6.45) is 3.15. The fourth-order valence-corrected chi connectivity index (χ4v) is 3.08. The number of nitrogens with one attached hydrogen (secondary N) is 1. The molecule has 0 saturated carbocycles. The molecule has 1 heterocycles. The van der Waals surface area contributed by atoms with Crippen LogP contribution in [-0.2, 0) is 16.4 Å². The predicted molar refractivity (Wildman–Crippen MR) is 95.2 cm³/mol. The summed E-state index contributed by atoms with van der Waals surface area (Å²) in [5, 5.41) is 7.78. The van der Waals surface area contributed by atoms with E-state index in [0.717, 1.165) is 22.6 Å². The van der Waals surface area contributed by atoms with Crippen molar-refractivity contribution in [3.05, 3.63) is 72.1 Å². The Morgan fingerprint density at radius 1 is 1.04 bits per heavy atom. The normalized spacial score (nSPS) is 11.4. The summed E-state index contributed by atoms with van der Waals surface area (Å²) in [4.78, 5) is 0.320. The van der Waals surface area contributed by atoms with E-state index in [4.69, 9.17) is 0 Å². The molecule has 0 spiro atoms. The first-order chi connectivity index (χ1) is 11.4. The van der Waals surface area contributed by atoms with Crippen LogP contribution in [0.3, 0.4) is 0 Å². The van der Waals surface area contributed by atoms with Gasteiger partial charge in [-0.05, 0) is 48.9 Å². The van der Waals surface area contributed by atoms with Crippen LogP contribution in [0, 0.1) is 6.92 Å². The zero-order chi connectivity index (χ0) is 17.2. The SMILES string of the molecule is Cc1ccn(-c2ccccc2CNc2ccc(S(C)(=O)=O)cc2)n1. The lowest BCUT2D eigenvalue weighted by Crippen LogP contribution is -2.06. The molecule has 1 N–H and O–H groups in total. The molecule has 0 radical (unpaired) electrons. The van der Waals surface area contributed by atoms with Crippen LogP contribution in [-0.4, -0.2) is 24.5 Å². The summed E-state index contributed by atoms with van der Waals surface area (Å²) >= 11 is 0. The van der Waals surface area contributed by atoms with Crippen LogP contribution in [0.15, 0.2) is 65.7 Å². The molecule has 0 atom stereocenters. The third kappa shape index (κ3) is 3.65. The topological polar surface area (TPSA) is 64.0 Å². The van der Waals surface area contributed by atoms with E-state index >= 15 is 0 Å². The minimum atomic E-state index is -3.17. The van der Waals surface area contributed by atoms with Crippen molar-refractivity contribution in [2.45, 2.75) is 18.4 Å². The second-order valence-electron chi connectivity index (χ2n) is 5.68. The lowest BCUT2D eigenvalue weighted by molar-refractivity contribution is 0.602. The van der Waals surface area contributed by atoms with Gasteiger partial charge in [0.15, 0.2) is 9.84 Å². The third-order valence-corrected chi connectivity index (χ3v) is 4.85. The van der Waals surface area contributed by atoms with E-state index in [-0.39, 0.29) is 0 Å². The summed E-state index contributed by atoms with van der Waals surface area (Å²) < 4.78 is 24.9. The number of benzene rings is 2. The van der Waals surface area contributed by atoms with E-state index in [0.29, 0.717) is 11.4 Å². The van der Waals surface area contributed by atoms with Crippen LogP contribution in [0.1, 0.15) is 11.3 Å². The highest BCUT2D eigenvalue weighted by Crippen LogP contribution is 2.18. The van der Waals surface area contributed by atoms with Crippen molar-refractivity contribution in [3.8, 4) is 5.69 Å². The minimum Gasteiger partial charge on any atom is -0.381 e. The van der Waals surface area contributed by atoms with Gasteiger partial charge in [0.2, 0.25) is 0 Å². The van der Waals surface area contributed by atoms with Gasteiger partial charge in [0.25, 0.3) is 0 Å². The molecule has 0 saturated heterocycles. The average molecular weight is 341 g/mol. The molecule has 0 amide bonds. The van der Waals surface area contributed by atoms with Gasteiger partial charge in [-0.3, -0.25) is 0 Å². The molecule has 24 heavy (non-hydrogen) atoms. The van der Waals surface area contributed by atoms with E-state index in [2.05, 4.69) is 10.4 Å². The Balaban J connectivity index is 1.78. The largest absolute Gasteiger partial charge is 0.381 e. The summed E-state index contributed by atoms with van der Waals surface area (Å²) in [7, 11) is -3.17. The smallest absolute Gasteiger partial charge is 0.175 e. The highest BCUT2D eigenvalue weighted by atomic mass is 32.2. The Kier molecular flexibility index (Phi) is 4.40. The first kappa shape index (κ1) is 16.3. The van der Waals surface area contributed by atoms with Gasteiger partial charge in [-0.2, -0.15) is 5.10 Å². The molecule has 0 aliphatic heterocycles. The van der Waals surface area contributed by atoms with E-state index < -0.39 is 9.84 Å². The number of nitrogens with zero attached hydrogens (tertiary/aromatic N) is 2. The van der Waals surface area contributed by atoms with Crippen LogP contribution in [0.25, 0.3) is 5.69 Å². The molecule has 0 aliphatic carbocycles. The standard InChI is InChI=1S/C18H19N3O2S/c1-14-11-12-21(20-14)18-6-4-3-5-15(18)13-19-16-7-9-17(10-8-16)24(2,22)23/h3-12,19H,13H2,1-2H3. The van der Waals surface area contributed by atoms with Crippen molar-refractivity contribution in [2.24, 2.45) is 0 Å². The van der Waals surface area contributed by atoms with Gasteiger partial charge in [0.1, 0.15) is 0 Å². The number of para-hydroxylation sites is 1. The summed E-state index contributed by atoms with van der Waals surface area (Å²) in [5.41, 5.74) is 3.96. The van der Waals surface area contributed by atoms with E-state index in [1.54, 1.807) is 24.3 Å². The van der Waals surface area contributed by atoms with E-state index in [1.807, 2.05) is 48.1 Å². The molecule has 1 aromatic heterocycles. The average Bonchev–Trinajstić information content (AvgIpc) is 2.99. The molecule has 0 bridgehead atoms. The summed E-state index contributed by atoms with van der Waals surface area (Å²) in [6, 6.07) is 16.8. The Labute approximate surface area is 141 Å². The number of hydrogen-bond donors (Lipinski definition) is 1. The number of anilines is 1. The van der Waals surface area contributed by atoms with Gasteiger partial charge in [-0.15, -0.1) is 0 Å². The van der Waals surface area contributed by atoms with Crippen molar-refractivity contribution >= 4 is 15.5 Å². The molecule has 0 aliphatic rings. The van der Waals surface area contributed by atoms with Crippen molar-refractivity contribution < 1.29 is 8.42 Å². The number of hydrogen-bond acceptors (Lipinski definition) is 4. The zero-order valence-electron chi connectivity index (χ0n) is 13.6. The second-order valence-corrected chi connectivity index (χ2v) is 7.70. The van der Waals surface area contributed by atoms with Crippen molar-refractivity contribution in [2.75, 3.05) is 11.6 Å². The fraction of sp³-hybridized carbons (Fsp3) is 0.167. The maximum Gasteiger partial charge on any atom is 0.175 e. The van der Waals surface area contributed by atoms with Crippen molar-refractivity contribution in [3.63, 3.8) is 0 Å².